The van der Waals surface area contributed by atoms with Crippen molar-refractivity contribution >= 4 is 40.0 Å². The molecule has 0 radical (unpaired) electrons. The summed E-state index contributed by atoms with van der Waals surface area (Å²) in [5.41, 5.74) is 0.693. The van der Waals surface area contributed by atoms with Gasteiger partial charge in [-0.05, 0) is 31.6 Å². The van der Waals surface area contributed by atoms with Gasteiger partial charge >= 0.3 is 0 Å². The number of amides is 2. The number of likely N-dealkylation sites (N-methyl/N-ethyl adjacent to an activating group) is 1. The number of fused-ring (bicyclic) bond motifs is 1. The molecule has 2 amide bonds. The van der Waals surface area contributed by atoms with Crippen LogP contribution in [0.4, 0.5) is 17.5 Å². The van der Waals surface area contributed by atoms with Crippen molar-refractivity contribution in [3.8, 4) is 11.8 Å². The first kappa shape index (κ1) is 28.9. The number of hydrogen-bond acceptors (Lipinski definition) is 9. The molecule has 0 atom stereocenters. The Bertz CT molecular complexity index is 1360. The maximum Gasteiger partial charge on any atom is 0.274 e. The van der Waals surface area contributed by atoms with Gasteiger partial charge in [0, 0.05) is 63.7 Å². The van der Waals surface area contributed by atoms with Gasteiger partial charge in [0.15, 0.2) is 0 Å². The Balaban J connectivity index is 0.00000134. The minimum absolute atomic E-state index is 0.0605. The summed E-state index contributed by atoms with van der Waals surface area (Å²) in [6, 6.07) is 14.1. The molecular formula is C28H34N8O3. The molecule has 2 aromatic carbocycles. The van der Waals surface area contributed by atoms with Gasteiger partial charge in [-0.15, -0.1) is 0 Å². The van der Waals surface area contributed by atoms with Crippen LogP contribution in [0.5, 0.6) is 5.75 Å². The molecule has 0 aliphatic carbocycles. The van der Waals surface area contributed by atoms with E-state index in [1.807, 2.05) is 48.2 Å². The highest BCUT2D eigenvalue weighted by Crippen LogP contribution is 2.29. The lowest BCUT2D eigenvalue weighted by Gasteiger charge is -2.35. The van der Waals surface area contributed by atoms with E-state index in [2.05, 4.69) is 27.2 Å². The molecule has 1 saturated heterocycles. The number of anilines is 3. The number of aromatic hydroxyl groups is 1. The molecule has 4 rings (SSSR count). The molecule has 0 spiro atoms. The molecule has 204 valence electrons. The molecule has 0 unspecified atom stereocenters. The molecule has 1 fully saturated rings. The fraction of sp³-hybridized carbons (Fsp3) is 0.321. The molecule has 0 saturated carbocycles. The standard InChI is InChI=1S/C26H31N7O3.C2H3N/c1-4-24(35)33-13-11-32(12-14-33)23-17-22(29-26(30-23)27-9-10-31(2)3)25(36)28-21-16-19(34)15-18-7-5-6-8-20(18)21;1-2-3/h4-8,15-17,34H,1,9-14H2,2-3H3,(H,28,36)(H,27,29,30);1H3. The summed E-state index contributed by atoms with van der Waals surface area (Å²) < 4.78 is 0. The van der Waals surface area contributed by atoms with Crippen molar-refractivity contribution in [2.24, 2.45) is 0 Å². The zero-order valence-electron chi connectivity index (χ0n) is 22.5. The molecule has 1 aromatic heterocycles. The normalized spacial score (nSPS) is 12.8. The topological polar surface area (TPSA) is 138 Å². The van der Waals surface area contributed by atoms with Gasteiger partial charge in [-0.2, -0.15) is 10.2 Å². The van der Waals surface area contributed by atoms with Crippen LogP contribution in [0.3, 0.4) is 0 Å². The van der Waals surface area contributed by atoms with Crippen LogP contribution in [-0.2, 0) is 4.79 Å². The van der Waals surface area contributed by atoms with Gasteiger partial charge in [0.1, 0.15) is 17.3 Å². The Morgan fingerprint density at radius 1 is 1.15 bits per heavy atom. The number of benzene rings is 2. The van der Waals surface area contributed by atoms with Crippen molar-refractivity contribution in [3.63, 3.8) is 0 Å². The quantitative estimate of drug-likeness (QED) is 0.375. The van der Waals surface area contributed by atoms with Crippen molar-refractivity contribution in [1.29, 1.82) is 5.26 Å². The summed E-state index contributed by atoms with van der Waals surface area (Å²) in [7, 11) is 3.95. The second-order valence-corrected chi connectivity index (χ2v) is 9.07. The molecule has 3 N–H and O–H groups in total. The van der Waals surface area contributed by atoms with Gasteiger partial charge in [-0.3, -0.25) is 9.59 Å². The van der Waals surface area contributed by atoms with Gasteiger partial charge in [-0.25, -0.2) is 4.98 Å². The maximum atomic E-state index is 13.3. The average molecular weight is 531 g/mol. The largest absolute Gasteiger partial charge is 0.508 e. The number of nitriles is 1. The van der Waals surface area contributed by atoms with Gasteiger partial charge in [-0.1, -0.05) is 30.8 Å². The minimum atomic E-state index is -0.412. The molecular weight excluding hydrogens is 496 g/mol. The Labute approximate surface area is 228 Å². The average Bonchev–Trinajstić information content (AvgIpc) is 2.92. The number of rotatable bonds is 8. The third kappa shape index (κ3) is 7.90. The molecule has 2 heterocycles. The monoisotopic (exact) mass is 530 g/mol. The third-order valence-electron chi connectivity index (χ3n) is 5.97. The number of nitrogens with one attached hydrogen (secondary N) is 2. The van der Waals surface area contributed by atoms with E-state index in [-0.39, 0.29) is 17.4 Å². The van der Waals surface area contributed by atoms with Gasteiger partial charge in [0.2, 0.25) is 11.9 Å². The SMILES string of the molecule is C=CC(=O)N1CCN(c2cc(C(=O)Nc3cc(O)cc4ccccc34)nc(NCCN(C)C)n2)CC1.CC#N. The van der Waals surface area contributed by atoms with E-state index in [1.54, 1.807) is 23.1 Å². The summed E-state index contributed by atoms with van der Waals surface area (Å²) in [4.78, 5) is 40.2. The fourth-order valence-corrected chi connectivity index (χ4v) is 4.05. The van der Waals surface area contributed by atoms with Crippen LogP contribution >= 0.6 is 0 Å². The van der Waals surface area contributed by atoms with Crippen LogP contribution < -0.4 is 15.5 Å². The Hall–Kier alpha value is -4.69. The van der Waals surface area contributed by atoms with E-state index in [4.69, 9.17) is 5.26 Å². The van der Waals surface area contributed by atoms with Crippen molar-refractivity contribution in [2.75, 3.05) is 68.9 Å². The second kappa shape index (κ2) is 13.7. The lowest BCUT2D eigenvalue weighted by Crippen LogP contribution is -2.48. The number of carbonyl (C=O) groups excluding carboxylic acids is 2. The number of piperazine rings is 1. The highest BCUT2D eigenvalue weighted by atomic mass is 16.3. The van der Waals surface area contributed by atoms with Crippen LogP contribution in [0.15, 0.2) is 55.1 Å². The smallest absolute Gasteiger partial charge is 0.274 e. The first-order valence-corrected chi connectivity index (χ1v) is 12.5. The van der Waals surface area contributed by atoms with Crippen LogP contribution in [0, 0.1) is 11.3 Å². The number of aromatic nitrogens is 2. The third-order valence-corrected chi connectivity index (χ3v) is 5.97. The summed E-state index contributed by atoms with van der Waals surface area (Å²) in [5.74, 6) is 0.511. The van der Waals surface area contributed by atoms with E-state index >= 15 is 0 Å². The van der Waals surface area contributed by atoms with Crippen molar-refractivity contribution < 1.29 is 14.7 Å². The van der Waals surface area contributed by atoms with E-state index in [0.29, 0.717) is 50.2 Å². The Kier molecular flexibility index (Phi) is 10.2. The number of carbonyl (C=O) groups is 2. The van der Waals surface area contributed by atoms with E-state index < -0.39 is 5.91 Å². The predicted molar refractivity (Wildman–Crippen MR) is 153 cm³/mol. The summed E-state index contributed by atoms with van der Waals surface area (Å²) in [6.45, 7) is 8.59. The van der Waals surface area contributed by atoms with Gasteiger partial charge < -0.3 is 30.4 Å². The molecule has 1 aliphatic rings. The summed E-state index contributed by atoms with van der Waals surface area (Å²) in [6.07, 6.45) is 1.32. The number of phenolic OH excluding ortho intramolecular Hbond substituents is 1. The van der Waals surface area contributed by atoms with Gasteiger partial charge in [0.05, 0.1) is 11.8 Å². The molecule has 39 heavy (non-hydrogen) atoms. The maximum absolute atomic E-state index is 13.3. The van der Waals surface area contributed by atoms with Crippen molar-refractivity contribution in [1.82, 2.24) is 19.8 Å². The lowest BCUT2D eigenvalue weighted by molar-refractivity contribution is -0.126. The van der Waals surface area contributed by atoms with Crippen molar-refractivity contribution in [3.05, 3.63) is 60.8 Å². The summed E-state index contributed by atoms with van der Waals surface area (Å²) >= 11 is 0. The van der Waals surface area contributed by atoms with E-state index in [0.717, 1.165) is 17.3 Å². The number of nitrogens with zero attached hydrogens (tertiary/aromatic N) is 6. The van der Waals surface area contributed by atoms with Crippen LogP contribution in [0.1, 0.15) is 17.4 Å². The molecule has 1 aliphatic heterocycles. The highest BCUT2D eigenvalue weighted by molar-refractivity contribution is 6.09. The summed E-state index contributed by atoms with van der Waals surface area (Å²) in [5, 5.41) is 25.2. The molecule has 11 heteroatoms. The predicted octanol–water partition coefficient (Wildman–Crippen LogP) is 2.93. The zero-order chi connectivity index (χ0) is 28.4. The van der Waals surface area contributed by atoms with Crippen LogP contribution in [0.2, 0.25) is 0 Å². The van der Waals surface area contributed by atoms with Crippen LogP contribution in [-0.4, -0.2) is 90.1 Å². The van der Waals surface area contributed by atoms with E-state index in [9.17, 15) is 14.7 Å². The van der Waals surface area contributed by atoms with Crippen molar-refractivity contribution in [2.45, 2.75) is 6.92 Å². The Morgan fingerprint density at radius 3 is 2.51 bits per heavy atom. The molecule has 11 nitrogen and oxygen atoms in total. The molecule has 3 aromatic rings. The van der Waals surface area contributed by atoms with Crippen LogP contribution in [0.25, 0.3) is 10.8 Å². The second-order valence-electron chi connectivity index (χ2n) is 9.07. The lowest BCUT2D eigenvalue weighted by atomic mass is 10.1. The Morgan fingerprint density at radius 2 is 1.85 bits per heavy atom. The van der Waals surface area contributed by atoms with Gasteiger partial charge in [0.25, 0.3) is 5.91 Å². The number of phenols is 1. The number of hydrogen-bond donors (Lipinski definition) is 3. The first-order chi connectivity index (χ1) is 18.7. The fourth-order valence-electron chi connectivity index (χ4n) is 4.05. The minimum Gasteiger partial charge on any atom is -0.508 e. The first-order valence-electron chi connectivity index (χ1n) is 12.5. The van der Waals surface area contributed by atoms with E-state index in [1.165, 1.54) is 19.1 Å². The zero-order valence-corrected chi connectivity index (χ0v) is 22.5. The molecule has 0 bridgehead atoms. The highest BCUT2D eigenvalue weighted by Gasteiger charge is 2.23.